The Bertz CT molecular complexity index is 3000. The van der Waals surface area contributed by atoms with Gasteiger partial charge in [-0.15, -0.1) is 0 Å². The first-order valence-corrected chi connectivity index (χ1v) is 18.3. The van der Waals surface area contributed by atoms with E-state index in [9.17, 15) is 0 Å². The average molecular weight is 681 g/mol. The molecule has 0 unspecified atom stereocenters. The summed E-state index contributed by atoms with van der Waals surface area (Å²) in [5.74, 6) is 1.97. The summed E-state index contributed by atoms with van der Waals surface area (Å²) in [4.78, 5) is 17.9. The summed E-state index contributed by atoms with van der Waals surface area (Å²) in [7, 11) is 0. The Morgan fingerprint density at radius 1 is 0.404 bits per heavy atom. The largest absolute Gasteiger partial charge is 0.309 e. The van der Waals surface area contributed by atoms with E-state index in [1.54, 1.807) is 0 Å². The Balaban J connectivity index is 1.15. The third-order valence-corrected chi connectivity index (χ3v) is 11.4. The van der Waals surface area contributed by atoms with E-state index in [1.165, 1.54) is 59.2 Å². The van der Waals surface area contributed by atoms with E-state index in [2.05, 4.69) is 156 Å². The summed E-state index contributed by atoms with van der Waals surface area (Å²) >= 11 is 1.84. The highest BCUT2D eigenvalue weighted by Gasteiger charge is 2.26. The van der Waals surface area contributed by atoms with Gasteiger partial charge in [0.25, 0.3) is 0 Å². The molecule has 0 saturated heterocycles. The molecule has 3 heterocycles. The second-order valence-corrected chi connectivity index (χ2v) is 14.3. The molecule has 0 N–H and O–H groups in total. The maximum Gasteiger partial charge on any atom is 0.164 e. The van der Waals surface area contributed by atoms with Crippen molar-refractivity contribution in [2.75, 3.05) is 0 Å². The van der Waals surface area contributed by atoms with E-state index < -0.39 is 0 Å². The average Bonchev–Trinajstić information content (AvgIpc) is 3.55. The first-order valence-electron chi connectivity index (χ1n) is 17.5. The molecule has 0 spiro atoms. The molecule has 1 aliphatic rings. The number of aromatic nitrogens is 4. The molecule has 5 heteroatoms. The summed E-state index contributed by atoms with van der Waals surface area (Å²) in [6.45, 7) is 0. The van der Waals surface area contributed by atoms with Crippen molar-refractivity contribution in [1.29, 1.82) is 0 Å². The van der Waals surface area contributed by atoms with Gasteiger partial charge in [0.1, 0.15) is 0 Å². The zero-order valence-corrected chi connectivity index (χ0v) is 28.7. The molecule has 0 atom stereocenters. The Labute approximate surface area is 304 Å². The molecule has 2 aromatic heterocycles. The monoisotopic (exact) mass is 680 g/mol. The van der Waals surface area contributed by atoms with Gasteiger partial charge < -0.3 is 4.57 Å². The number of nitrogens with zero attached hydrogens (tertiary/aromatic N) is 4. The normalized spacial score (nSPS) is 12.2. The molecule has 0 amide bonds. The predicted octanol–water partition coefficient (Wildman–Crippen LogP) is 12.4. The standard InChI is InChI=1S/C47H28N4S/c1-2-13-30(14-3-1)45-48-46(32-25-24-29-12-4-5-15-31(29)28-32)50-47(49-45)36-26-27-42-43-35(36)18-10-19-37(43)44-40(22-11-23-41(44)52-42)51-38-20-8-6-16-33(38)34-17-7-9-21-39(34)51/h1-28H. The molecule has 0 radical (unpaired) electrons. The third-order valence-electron chi connectivity index (χ3n) is 10.2. The number of fused-ring (bicyclic) bond motifs is 6. The molecule has 4 nitrogen and oxygen atoms in total. The van der Waals surface area contributed by atoms with Gasteiger partial charge in [-0.1, -0.05) is 139 Å². The topological polar surface area (TPSA) is 43.6 Å². The zero-order chi connectivity index (χ0) is 34.2. The summed E-state index contributed by atoms with van der Waals surface area (Å²) in [5, 5.41) is 7.20. The van der Waals surface area contributed by atoms with Crippen LogP contribution >= 0.6 is 11.8 Å². The predicted molar refractivity (Wildman–Crippen MR) is 215 cm³/mol. The fourth-order valence-electron chi connectivity index (χ4n) is 7.90. The minimum atomic E-state index is 0.655. The highest BCUT2D eigenvalue weighted by molar-refractivity contribution is 7.99. The fourth-order valence-corrected chi connectivity index (χ4v) is 9.05. The number of hydrogen-bond donors (Lipinski definition) is 0. The van der Waals surface area contributed by atoms with E-state index in [0.29, 0.717) is 17.5 Å². The van der Waals surface area contributed by atoms with Crippen LogP contribution in [0.2, 0.25) is 0 Å². The molecule has 0 fully saturated rings. The maximum atomic E-state index is 5.20. The van der Waals surface area contributed by atoms with Gasteiger partial charge in [0.05, 0.1) is 16.7 Å². The van der Waals surface area contributed by atoms with Gasteiger partial charge >= 0.3 is 0 Å². The minimum absolute atomic E-state index is 0.655. The van der Waals surface area contributed by atoms with Gasteiger partial charge in [0, 0.05) is 48.2 Å². The lowest BCUT2D eigenvalue weighted by molar-refractivity contribution is 1.08. The van der Waals surface area contributed by atoms with Crippen LogP contribution in [0.3, 0.4) is 0 Å². The van der Waals surface area contributed by atoms with Gasteiger partial charge in [-0.2, -0.15) is 0 Å². The summed E-state index contributed by atoms with van der Waals surface area (Å²) in [6.07, 6.45) is 0. The van der Waals surface area contributed by atoms with Crippen LogP contribution in [-0.4, -0.2) is 19.5 Å². The van der Waals surface area contributed by atoms with E-state index in [-0.39, 0.29) is 0 Å². The van der Waals surface area contributed by atoms with Crippen molar-refractivity contribution in [3.8, 4) is 51.0 Å². The Morgan fingerprint density at radius 3 is 1.87 bits per heavy atom. The molecule has 52 heavy (non-hydrogen) atoms. The van der Waals surface area contributed by atoms with E-state index >= 15 is 0 Å². The Morgan fingerprint density at radius 2 is 1.06 bits per heavy atom. The molecule has 0 aliphatic carbocycles. The molecule has 10 aromatic rings. The van der Waals surface area contributed by atoms with Crippen LogP contribution in [-0.2, 0) is 0 Å². The van der Waals surface area contributed by atoms with Crippen molar-refractivity contribution in [2.45, 2.75) is 9.79 Å². The Kier molecular flexibility index (Phi) is 6.45. The summed E-state index contributed by atoms with van der Waals surface area (Å²) in [6, 6.07) is 60.3. The smallest absolute Gasteiger partial charge is 0.164 e. The fraction of sp³-hybridized carbons (Fsp3) is 0. The van der Waals surface area contributed by atoms with Crippen LogP contribution < -0.4 is 0 Å². The van der Waals surface area contributed by atoms with Gasteiger partial charge in [-0.05, 0) is 64.2 Å². The van der Waals surface area contributed by atoms with Crippen molar-refractivity contribution in [3.63, 3.8) is 0 Å². The first kappa shape index (κ1) is 29.2. The van der Waals surface area contributed by atoms with Crippen LogP contribution in [0.25, 0.3) is 94.3 Å². The zero-order valence-electron chi connectivity index (χ0n) is 27.9. The molecule has 8 aromatic carbocycles. The van der Waals surface area contributed by atoms with Crippen molar-refractivity contribution < 1.29 is 0 Å². The van der Waals surface area contributed by atoms with Gasteiger partial charge in [-0.3, -0.25) is 0 Å². The van der Waals surface area contributed by atoms with Gasteiger partial charge in [0.2, 0.25) is 0 Å². The van der Waals surface area contributed by atoms with Crippen molar-refractivity contribution in [3.05, 3.63) is 170 Å². The lowest BCUT2D eigenvalue weighted by atomic mass is 9.93. The quantitative estimate of drug-likeness (QED) is 0.186. The van der Waals surface area contributed by atoms with Crippen LogP contribution in [0, 0.1) is 0 Å². The first-order chi connectivity index (χ1) is 25.8. The SMILES string of the molecule is c1ccc(-c2nc(-c3ccc4ccccc4c3)nc(-c3ccc4c5c(cccc35)-c3c(cccc3-n3c5ccccc5c5ccccc53)S4)n2)cc1. The van der Waals surface area contributed by atoms with Crippen LogP contribution in [0.5, 0.6) is 0 Å². The van der Waals surface area contributed by atoms with E-state index in [4.69, 9.17) is 15.0 Å². The van der Waals surface area contributed by atoms with E-state index in [1.807, 2.05) is 30.0 Å². The second-order valence-electron chi connectivity index (χ2n) is 13.2. The number of hydrogen-bond acceptors (Lipinski definition) is 4. The van der Waals surface area contributed by atoms with Crippen LogP contribution in [0.15, 0.2) is 180 Å². The van der Waals surface area contributed by atoms with Crippen molar-refractivity contribution in [1.82, 2.24) is 19.5 Å². The van der Waals surface area contributed by atoms with Crippen LogP contribution in [0.1, 0.15) is 0 Å². The molecule has 1 aliphatic heterocycles. The maximum absolute atomic E-state index is 5.20. The molecule has 0 bridgehead atoms. The van der Waals surface area contributed by atoms with Crippen molar-refractivity contribution in [2.24, 2.45) is 0 Å². The molecule has 11 rings (SSSR count). The number of para-hydroxylation sites is 2. The highest BCUT2D eigenvalue weighted by atomic mass is 32.2. The van der Waals surface area contributed by atoms with E-state index in [0.717, 1.165) is 27.5 Å². The minimum Gasteiger partial charge on any atom is -0.309 e. The van der Waals surface area contributed by atoms with Gasteiger partial charge in [0.15, 0.2) is 17.5 Å². The lowest BCUT2D eigenvalue weighted by Crippen LogP contribution is -2.03. The lowest BCUT2D eigenvalue weighted by Gasteiger charge is -2.24. The summed E-state index contributed by atoms with van der Waals surface area (Å²) in [5.41, 5.74) is 8.94. The van der Waals surface area contributed by atoms with Crippen LogP contribution in [0.4, 0.5) is 0 Å². The van der Waals surface area contributed by atoms with Gasteiger partial charge in [-0.25, -0.2) is 15.0 Å². The highest BCUT2D eigenvalue weighted by Crippen LogP contribution is 2.52. The molecular formula is C47H28N4S. The molecule has 242 valence electrons. The second kappa shape index (κ2) is 11.5. The third kappa shape index (κ3) is 4.46. The summed E-state index contributed by atoms with van der Waals surface area (Å²) < 4.78 is 2.44. The number of benzene rings is 8. The molecule has 0 saturated carbocycles. The molecular weight excluding hydrogens is 653 g/mol. The number of rotatable bonds is 4. The Hall–Kier alpha value is -6.56. The van der Waals surface area contributed by atoms with Crippen molar-refractivity contribution >= 4 is 55.1 Å².